The van der Waals surface area contributed by atoms with Gasteiger partial charge in [-0.2, -0.15) is 0 Å². The molecule has 0 amide bonds. The molecule has 0 saturated heterocycles. The zero-order chi connectivity index (χ0) is 12.8. The molecule has 0 aliphatic heterocycles. The summed E-state index contributed by atoms with van der Waals surface area (Å²) in [4.78, 5) is 0. The molecule has 1 aromatic carbocycles. The van der Waals surface area contributed by atoms with Crippen molar-refractivity contribution in [3.8, 4) is 17.2 Å². The Hall–Kier alpha value is -1.38. The van der Waals surface area contributed by atoms with Gasteiger partial charge in [-0.15, -0.1) is 0 Å². The molecule has 0 spiro atoms. The Morgan fingerprint density at radius 2 is 1.59 bits per heavy atom. The third-order valence-corrected chi connectivity index (χ3v) is 3.18. The van der Waals surface area contributed by atoms with Gasteiger partial charge in [0.1, 0.15) is 17.2 Å². The molecule has 0 aromatic heterocycles. The van der Waals surface area contributed by atoms with Crippen LogP contribution in [0.2, 0.25) is 0 Å². The largest absolute Gasteiger partial charge is 0.508 e. The van der Waals surface area contributed by atoms with E-state index in [4.69, 9.17) is 0 Å². The lowest BCUT2D eigenvalue weighted by Crippen LogP contribution is -1.99. The highest BCUT2D eigenvalue weighted by Crippen LogP contribution is 2.40. The molecule has 17 heavy (non-hydrogen) atoms. The van der Waals surface area contributed by atoms with Crippen LogP contribution in [0.5, 0.6) is 17.2 Å². The van der Waals surface area contributed by atoms with E-state index < -0.39 is 0 Å². The summed E-state index contributed by atoms with van der Waals surface area (Å²) >= 11 is 0. The van der Waals surface area contributed by atoms with Crippen molar-refractivity contribution in [1.82, 2.24) is 0 Å². The molecule has 1 atom stereocenters. The standard InChI is InChI=1S/C14H22O3/c1-3-5-6-7-10(4-2)14-12(16)8-11(15)9-13(14)17/h8-10,15-17H,3-7H2,1-2H3. The summed E-state index contributed by atoms with van der Waals surface area (Å²) in [6, 6.07) is 2.58. The first-order valence-electron chi connectivity index (χ1n) is 6.34. The molecule has 1 unspecified atom stereocenters. The fourth-order valence-electron chi connectivity index (χ4n) is 2.22. The summed E-state index contributed by atoms with van der Waals surface area (Å²) < 4.78 is 0. The third kappa shape index (κ3) is 3.55. The van der Waals surface area contributed by atoms with Crippen molar-refractivity contribution in [3.63, 3.8) is 0 Å². The van der Waals surface area contributed by atoms with Gasteiger partial charge in [-0.05, 0) is 18.8 Å². The van der Waals surface area contributed by atoms with Crippen LogP contribution in [0.15, 0.2) is 12.1 Å². The number of hydrogen-bond donors (Lipinski definition) is 3. The van der Waals surface area contributed by atoms with E-state index >= 15 is 0 Å². The molecule has 1 rings (SSSR count). The van der Waals surface area contributed by atoms with Crippen molar-refractivity contribution in [1.29, 1.82) is 0 Å². The molecule has 1 aromatic rings. The van der Waals surface area contributed by atoms with E-state index in [0.29, 0.717) is 5.56 Å². The second-order valence-corrected chi connectivity index (χ2v) is 4.50. The highest BCUT2D eigenvalue weighted by molar-refractivity contribution is 5.50. The lowest BCUT2D eigenvalue weighted by Gasteiger charge is -2.18. The van der Waals surface area contributed by atoms with Crippen LogP contribution in [-0.2, 0) is 0 Å². The van der Waals surface area contributed by atoms with Gasteiger partial charge in [-0.3, -0.25) is 0 Å². The van der Waals surface area contributed by atoms with E-state index in [1.54, 1.807) is 0 Å². The van der Waals surface area contributed by atoms with E-state index in [0.717, 1.165) is 32.1 Å². The Balaban J connectivity index is 2.87. The molecule has 96 valence electrons. The third-order valence-electron chi connectivity index (χ3n) is 3.18. The SMILES string of the molecule is CCCCCC(CC)c1c(O)cc(O)cc1O. The van der Waals surface area contributed by atoms with Crippen molar-refractivity contribution in [2.75, 3.05) is 0 Å². The van der Waals surface area contributed by atoms with Gasteiger partial charge in [0, 0.05) is 17.7 Å². The molecule has 0 bridgehead atoms. The average molecular weight is 238 g/mol. The first-order chi connectivity index (χ1) is 8.10. The van der Waals surface area contributed by atoms with Gasteiger partial charge in [0.2, 0.25) is 0 Å². The molecular weight excluding hydrogens is 216 g/mol. The predicted octanol–water partition coefficient (Wildman–Crippen LogP) is 3.88. The summed E-state index contributed by atoms with van der Waals surface area (Å²) in [5.74, 6) is 0.0333. The van der Waals surface area contributed by atoms with Gasteiger partial charge in [-0.1, -0.05) is 33.1 Å². The van der Waals surface area contributed by atoms with E-state index in [2.05, 4.69) is 6.92 Å². The highest BCUT2D eigenvalue weighted by atomic mass is 16.3. The Labute approximate surface area is 103 Å². The van der Waals surface area contributed by atoms with Crippen molar-refractivity contribution in [2.24, 2.45) is 0 Å². The Morgan fingerprint density at radius 3 is 2.06 bits per heavy atom. The summed E-state index contributed by atoms with van der Waals surface area (Å²) in [5, 5.41) is 28.9. The number of hydrogen-bond acceptors (Lipinski definition) is 3. The van der Waals surface area contributed by atoms with Crippen molar-refractivity contribution in [2.45, 2.75) is 51.9 Å². The summed E-state index contributed by atoms with van der Waals surface area (Å²) in [5.41, 5.74) is 0.571. The molecule has 3 heteroatoms. The zero-order valence-corrected chi connectivity index (χ0v) is 10.6. The molecule has 0 saturated carbocycles. The summed E-state index contributed by atoms with van der Waals surface area (Å²) in [6.07, 6.45) is 5.24. The fourth-order valence-corrected chi connectivity index (χ4v) is 2.22. The topological polar surface area (TPSA) is 60.7 Å². The monoisotopic (exact) mass is 238 g/mol. The number of unbranched alkanes of at least 4 members (excludes halogenated alkanes) is 2. The van der Waals surface area contributed by atoms with Gasteiger partial charge in [0.25, 0.3) is 0 Å². The summed E-state index contributed by atoms with van der Waals surface area (Å²) in [7, 11) is 0. The van der Waals surface area contributed by atoms with Gasteiger partial charge in [0.05, 0.1) is 0 Å². The van der Waals surface area contributed by atoms with Crippen LogP contribution >= 0.6 is 0 Å². The van der Waals surface area contributed by atoms with E-state index in [1.807, 2.05) is 6.92 Å². The maximum absolute atomic E-state index is 9.81. The zero-order valence-electron chi connectivity index (χ0n) is 10.6. The van der Waals surface area contributed by atoms with Gasteiger partial charge in [-0.25, -0.2) is 0 Å². The second-order valence-electron chi connectivity index (χ2n) is 4.50. The fraction of sp³-hybridized carbons (Fsp3) is 0.571. The van der Waals surface area contributed by atoms with Crippen molar-refractivity contribution >= 4 is 0 Å². The van der Waals surface area contributed by atoms with E-state index in [1.165, 1.54) is 12.1 Å². The quantitative estimate of drug-likeness (QED) is 0.659. The lowest BCUT2D eigenvalue weighted by molar-refractivity contribution is 0.404. The number of phenols is 3. The van der Waals surface area contributed by atoms with Gasteiger partial charge in [0.15, 0.2) is 0 Å². The number of aromatic hydroxyl groups is 3. The Kier molecular flexibility index (Phi) is 5.13. The maximum Gasteiger partial charge on any atom is 0.126 e. The molecule has 0 fully saturated rings. The molecule has 0 aliphatic carbocycles. The average Bonchev–Trinajstić information content (AvgIpc) is 2.25. The van der Waals surface area contributed by atoms with E-state index in [9.17, 15) is 15.3 Å². The molecule has 0 aliphatic rings. The summed E-state index contributed by atoms with van der Waals surface area (Å²) in [6.45, 7) is 4.19. The van der Waals surface area contributed by atoms with Crippen LogP contribution in [0, 0.1) is 0 Å². The Morgan fingerprint density at radius 1 is 1.00 bits per heavy atom. The van der Waals surface area contributed by atoms with Crippen LogP contribution in [0.1, 0.15) is 57.4 Å². The number of benzene rings is 1. The number of rotatable bonds is 6. The predicted molar refractivity (Wildman–Crippen MR) is 68.6 cm³/mol. The Bertz CT molecular complexity index is 337. The van der Waals surface area contributed by atoms with Crippen LogP contribution in [0.25, 0.3) is 0 Å². The van der Waals surface area contributed by atoms with Crippen LogP contribution < -0.4 is 0 Å². The molecule has 3 nitrogen and oxygen atoms in total. The molecule has 0 radical (unpaired) electrons. The van der Waals surface area contributed by atoms with Crippen molar-refractivity contribution < 1.29 is 15.3 Å². The number of phenolic OH excluding ortho intramolecular Hbond substituents is 3. The van der Waals surface area contributed by atoms with Gasteiger partial charge < -0.3 is 15.3 Å². The normalized spacial score (nSPS) is 12.6. The van der Waals surface area contributed by atoms with Crippen LogP contribution in [-0.4, -0.2) is 15.3 Å². The van der Waals surface area contributed by atoms with Crippen LogP contribution in [0.3, 0.4) is 0 Å². The second kappa shape index (κ2) is 6.38. The smallest absolute Gasteiger partial charge is 0.126 e. The first kappa shape index (κ1) is 13.7. The highest BCUT2D eigenvalue weighted by Gasteiger charge is 2.18. The minimum atomic E-state index is -0.104. The van der Waals surface area contributed by atoms with E-state index in [-0.39, 0.29) is 23.2 Å². The molecule has 0 heterocycles. The minimum absolute atomic E-state index is 0.00847. The lowest BCUT2D eigenvalue weighted by atomic mass is 9.89. The van der Waals surface area contributed by atoms with Crippen molar-refractivity contribution in [3.05, 3.63) is 17.7 Å². The van der Waals surface area contributed by atoms with Gasteiger partial charge >= 0.3 is 0 Å². The molecule has 3 N–H and O–H groups in total. The maximum atomic E-state index is 9.81. The molecular formula is C14H22O3. The minimum Gasteiger partial charge on any atom is -0.508 e. The first-order valence-corrected chi connectivity index (χ1v) is 6.34. The van der Waals surface area contributed by atoms with Crippen LogP contribution in [0.4, 0.5) is 0 Å².